The lowest BCUT2D eigenvalue weighted by atomic mass is 9.81. The number of rotatable bonds is 2. The lowest BCUT2D eigenvalue weighted by Gasteiger charge is -2.34. The molecule has 0 bridgehead atoms. The zero-order valence-corrected chi connectivity index (χ0v) is 13.5. The van der Waals surface area contributed by atoms with E-state index in [2.05, 4.69) is 24.0 Å². The molecule has 1 amide bonds. The standard InChI is InChI=1S/C19H20N2O3/c1-19-9-10-20(12-13-5-3-2-4-6-13)17(19)21(18(23)24)16-8-7-14(22)11-15(16)19/h2-8,11,17,22H,9-10,12H2,1H3,(H,23,24). The second kappa shape index (κ2) is 5.24. The summed E-state index contributed by atoms with van der Waals surface area (Å²) in [4.78, 5) is 15.7. The van der Waals surface area contributed by atoms with Crippen LogP contribution in [0, 0.1) is 0 Å². The molecule has 0 spiro atoms. The second-order valence-corrected chi connectivity index (χ2v) is 6.85. The summed E-state index contributed by atoms with van der Waals surface area (Å²) in [7, 11) is 0. The van der Waals surface area contributed by atoms with Crippen molar-refractivity contribution in [3.05, 3.63) is 59.7 Å². The van der Waals surface area contributed by atoms with E-state index in [1.807, 2.05) is 18.2 Å². The zero-order chi connectivity index (χ0) is 16.9. The van der Waals surface area contributed by atoms with Crippen molar-refractivity contribution in [3.8, 4) is 5.75 Å². The molecule has 2 atom stereocenters. The maximum atomic E-state index is 12.0. The van der Waals surface area contributed by atoms with Crippen LogP contribution < -0.4 is 4.90 Å². The summed E-state index contributed by atoms with van der Waals surface area (Å²) < 4.78 is 0. The van der Waals surface area contributed by atoms with Gasteiger partial charge < -0.3 is 10.2 Å². The van der Waals surface area contributed by atoms with Gasteiger partial charge in [-0.3, -0.25) is 9.80 Å². The predicted octanol–water partition coefficient (Wildman–Crippen LogP) is 3.38. The summed E-state index contributed by atoms with van der Waals surface area (Å²) in [6.45, 7) is 3.64. The first-order valence-corrected chi connectivity index (χ1v) is 8.14. The van der Waals surface area contributed by atoms with Crippen molar-refractivity contribution < 1.29 is 15.0 Å². The Morgan fingerprint density at radius 3 is 2.71 bits per heavy atom. The van der Waals surface area contributed by atoms with E-state index < -0.39 is 6.09 Å². The molecule has 0 saturated carbocycles. The van der Waals surface area contributed by atoms with Gasteiger partial charge in [0, 0.05) is 18.5 Å². The number of nitrogens with zero attached hydrogens (tertiary/aromatic N) is 2. The number of fused-ring (bicyclic) bond motifs is 3. The summed E-state index contributed by atoms with van der Waals surface area (Å²) in [5.41, 5.74) is 2.48. The van der Waals surface area contributed by atoms with Crippen LogP contribution in [0.5, 0.6) is 5.75 Å². The highest BCUT2D eigenvalue weighted by Gasteiger charge is 2.56. The number of hydrogen-bond donors (Lipinski definition) is 2. The maximum absolute atomic E-state index is 12.0. The monoisotopic (exact) mass is 324 g/mol. The number of anilines is 1. The van der Waals surface area contributed by atoms with Crippen molar-refractivity contribution in [1.82, 2.24) is 4.90 Å². The van der Waals surface area contributed by atoms with Crippen LogP contribution in [0.25, 0.3) is 0 Å². The first-order valence-electron chi connectivity index (χ1n) is 8.14. The molecular weight excluding hydrogens is 304 g/mol. The van der Waals surface area contributed by atoms with E-state index in [-0.39, 0.29) is 17.3 Å². The molecule has 0 aromatic heterocycles. The van der Waals surface area contributed by atoms with Crippen molar-refractivity contribution in [2.75, 3.05) is 11.4 Å². The Labute approximate surface area is 140 Å². The zero-order valence-electron chi connectivity index (χ0n) is 13.5. The first-order chi connectivity index (χ1) is 11.5. The molecule has 2 aliphatic rings. The number of aromatic hydroxyl groups is 1. The van der Waals surface area contributed by atoms with Crippen LogP contribution in [-0.2, 0) is 12.0 Å². The lowest BCUT2D eigenvalue weighted by molar-refractivity contribution is 0.170. The molecule has 2 N–H and O–H groups in total. The number of amides is 1. The van der Waals surface area contributed by atoms with Gasteiger partial charge in [-0.05, 0) is 35.7 Å². The molecule has 5 heteroatoms. The molecule has 2 unspecified atom stereocenters. The lowest BCUT2D eigenvalue weighted by Crippen LogP contribution is -2.50. The topological polar surface area (TPSA) is 64.0 Å². The Morgan fingerprint density at radius 2 is 2.00 bits per heavy atom. The SMILES string of the molecule is CC12CCN(Cc3ccccc3)C1N(C(=O)O)c1ccc(O)cc12. The van der Waals surface area contributed by atoms with Crippen molar-refractivity contribution in [2.24, 2.45) is 0 Å². The summed E-state index contributed by atoms with van der Waals surface area (Å²) in [6.07, 6.45) is -0.326. The number of carbonyl (C=O) groups is 1. The van der Waals surface area contributed by atoms with E-state index >= 15 is 0 Å². The molecule has 0 aliphatic carbocycles. The van der Waals surface area contributed by atoms with E-state index in [0.717, 1.165) is 18.5 Å². The van der Waals surface area contributed by atoms with Crippen LogP contribution in [-0.4, -0.2) is 33.9 Å². The number of phenolic OH excluding ortho intramolecular Hbond substituents is 1. The van der Waals surface area contributed by atoms with E-state index in [1.54, 1.807) is 18.2 Å². The highest BCUT2D eigenvalue weighted by atomic mass is 16.4. The maximum Gasteiger partial charge on any atom is 0.413 e. The Balaban J connectivity index is 1.76. The number of benzene rings is 2. The smallest absolute Gasteiger partial charge is 0.413 e. The molecule has 24 heavy (non-hydrogen) atoms. The van der Waals surface area contributed by atoms with Gasteiger partial charge in [-0.25, -0.2) is 4.79 Å². The molecular formula is C19H20N2O3. The van der Waals surface area contributed by atoms with Gasteiger partial charge in [-0.1, -0.05) is 37.3 Å². The van der Waals surface area contributed by atoms with Crippen molar-refractivity contribution in [1.29, 1.82) is 0 Å². The fraction of sp³-hybridized carbons (Fsp3) is 0.316. The molecule has 2 heterocycles. The van der Waals surface area contributed by atoms with E-state index in [0.29, 0.717) is 12.2 Å². The molecule has 2 aromatic rings. The first kappa shape index (κ1) is 15.0. The van der Waals surface area contributed by atoms with Gasteiger partial charge in [0.25, 0.3) is 0 Å². The van der Waals surface area contributed by atoms with Crippen molar-refractivity contribution in [2.45, 2.75) is 31.5 Å². The Bertz CT molecular complexity index is 792. The second-order valence-electron chi connectivity index (χ2n) is 6.85. The number of carboxylic acid groups (broad SMARTS) is 1. The van der Waals surface area contributed by atoms with Crippen LogP contribution in [0.4, 0.5) is 10.5 Å². The minimum atomic E-state index is -0.948. The molecule has 2 aliphatic heterocycles. The molecule has 124 valence electrons. The van der Waals surface area contributed by atoms with E-state index in [9.17, 15) is 15.0 Å². The highest BCUT2D eigenvalue weighted by Crippen LogP contribution is 2.53. The largest absolute Gasteiger partial charge is 0.508 e. The average molecular weight is 324 g/mol. The van der Waals surface area contributed by atoms with Crippen molar-refractivity contribution in [3.63, 3.8) is 0 Å². The highest BCUT2D eigenvalue weighted by molar-refractivity contribution is 5.91. The van der Waals surface area contributed by atoms with Gasteiger partial charge in [0.05, 0.1) is 5.69 Å². The third kappa shape index (κ3) is 2.08. The number of likely N-dealkylation sites (tertiary alicyclic amines) is 1. The van der Waals surface area contributed by atoms with Crippen LogP contribution in [0.1, 0.15) is 24.5 Å². The van der Waals surface area contributed by atoms with Gasteiger partial charge in [0.1, 0.15) is 11.9 Å². The van der Waals surface area contributed by atoms with Crippen LogP contribution in [0.3, 0.4) is 0 Å². The third-order valence-corrected chi connectivity index (χ3v) is 5.37. The van der Waals surface area contributed by atoms with Gasteiger partial charge in [-0.2, -0.15) is 0 Å². The molecule has 5 nitrogen and oxygen atoms in total. The number of phenols is 1. The minimum Gasteiger partial charge on any atom is -0.508 e. The van der Waals surface area contributed by atoms with Crippen LogP contribution >= 0.6 is 0 Å². The molecule has 1 fully saturated rings. The average Bonchev–Trinajstić information content (AvgIpc) is 3.00. The van der Waals surface area contributed by atoms with Gasteiger partial charge in [-0.15, -0.1) is 0 Å². The summed E-state index contributed by atoms with van der Waals surface area (Å²) in [5, 5.41) is 19.7. The van der Waals surface area contributed by atoms with Gasteiger partial charge >= 0.3 is 6.09 Å². The predicted molar refractivity (Wildman–Crippen MR) is 91.2 cm³/mol. The van der Waals surface area contributed by atoms with Crippen LogP contribution in [0.15, 0.2) is 48.5 Å². The van der Waals surface area contributed by atoms with Gasteiger partial charge in [0.15, 0.2) is 0 Å². The summed E-state index contributed by atoms with van der Waals surface area (Å²) in [5.74, 6) is 0.183. The fourth-order valence-corrected chi connectivity index (χ4v) is 4.27. The molecule has 2 aromatic carbocycles. The third-order valence-electron chi connectivity index (χ3n) is 5.37. The minimum absolute atomic E-state index is 0.183. The Kier molecular flexibility index (Phi) is 3.28. The Morgan fingerprint density at radius 1 is 1.25 bits per heavy atom. The molecule has 1 saturated heterocycles. The quantitative estimate of drug-likeness (QED) is 0.889. The molecule has 0 radical (unpaired) electrons. The van der Waals surface area contributed by atoms with Gasteiger partial charge in [0.2, 0.25) is 0 Å². The summed E-state index contributed by atoms with van der Waals surface area (Å²) in [6, 6.07) is 15.1. The van der Waals surface area contributed by atoms with Crippen LogP contribution in [0.2, 0.25) is 0 Å². The normalized spacial score (nSPS) is 25.5. The summed E-state index contributed by atoms with van der Waals surface area (Å²) >= 11 is 0. The van der Waals surface area contributed by atoms with E-state index in [4.69, 9.17) is 0 Å². The Hall–Kier alpha value is -2.53. The fourth-order valence-electron chi connectivity index (χ4n) is 4.27. The molecule has 4 rings (SSSR count). The van der Waals surface area contributed by atoms with Crippen molar-refractivity contribution >= 4 is 11.8 Å². The number of hydrogen-bond acceptors (Lipinski definition) is 3. The van der Waals surface area contributed by atoms with E-state index in [1.165, 1.54) is 10.5 Å².